The Hall–Kier alpha value is -2.53. The molecule has 1 fully saturated rings. The second-order valence-electron chi connectivity index (χ2n) is 5.83. The van der Waals surface area contributed by atoms with Crippen molar-refractivity contribution in [2.45, 2.75) is 19.8 Å². The maximum atomic E-state index is 12.1. The zero-order valence-corrected chi connectivity index (χ0v) is 14.0. The van der Waals surface area contributed by atoms with Gasteiger partial charge in [0.25, 0.3) is 0 Å². The second-order valence-corrected chi connectivity index (χ2v) is 6.26. The number of urea groups is 1. The Morgan fingerprint density at radius 1 is 0.958 bits per heavy atom. The molecular formula is C18H18ClN3O2. The van der Waals surface area contributed by atoms with Gasteiger partial charge in [-0.25, -0.2) is 4.79 Å². The van der Waals surface area contributed by atoms with Gasteiger partial charge in [0.05, 0.1) is 0 Å². The Balaban J connectivity index is 1.66. The molecule has 2 aromatic carbocycles. The average Bonchev–Trinajstić information content (AvgIpc) is 3.38. The standard InChI is InChI=1S/C18H18ClN3O2/c1-11-15(21-17(23)12-5-6-12)3-2-4-16(11)22-18(24)20-14-9-7-13(19)8-10-14/h2-4,7-10,12H,5-6H2,1H3,(H,21,23)(H2,20,22,24). The van der Waals surface area contributed by atoms with Crippen LogP contribution >= 0.6 is 11.6 Å². The number of hydrogen-bond acceptors (Lipinski definition) is 2. The molecule has 124 valence electrons. The van der Waals surface area contributed by atoms with Crippen molar-refractivity contribution in [1.29, 1.82) is 0 Å². The van der Waals surface area contributed by atoms with Crippen molar-refractivity contribution in [3.63, 3.8) is 0 Å². The Morgan fingerprint density at radius 3 is 2.21 bits per heavy atom. The van der Waals surface area contributed by atoms with Gasteiger partial charge in [0.1, 0.15) is 0 Å². The third kappa shape index (κ3) is 4.06. The molecule has 0 bridgehead atoms. The molecule has 1 saturated carbocycles. The quantitative estimate of drug-likeness (QED) is 0.756. The van der Waals surface area contributed by atoms with Crippen LogP contribution in [0.2, 0.25) is 5.02 Å². The van der Waals surface area contributed by atoms with E-state index in [4.69, 9.17) is 11.6 Å². The van der Waals surface area contributed by atoms with E-state index in [0.29, 0.717) is 16.4 Å². The summed E-state index contributed by atoms with van der Waals surface area (Å²) in [5.74, 6) is 0.176. The molecule has 0 atom stereocenters. The first-order valence-electron chi connectivity index (χ1n) is 7.77. The van der Waals surface area contributed by atoms with Gasteiger partial charge in [-0.3, -0.25) is 4.79 Å². The van der Waals surface area contributed by atoms with Crippen LogP contribution in [0.1, 0.15) is 18.4 Å². The number of nitrogens with one attached hydrogen (secondary N) is 3. The van der Waals surface area contributed by atoms with E-state index < -0.39 is 0 Å². The van der Waals surface area contributed by atoms with Crippen LogP contribution in [-0.2, 0) is 4.79 Å². The molecule has 0 spiro atoms. The van der Waals surface area contributed by atoms with E-state index in [1.807, 2.05) is 13.0 Å². The highest BCUT2D eigenvalue weighted by atomic mass is 35.5. The van der Waals surface area contributed by atoms with Gasteiger partial charge in [0, 0.05) is 28.0 Å². The summed E-state index contributed by atoms with van der Waals surface area (Å²) in [6.45, 7) is 1.86. The van der Waals surface area contributed by atoms with E-state index >= 15 is 0 Å². The number of carbonyl (C=O) groups excluding carboxylic acids is 2. The number of carbonyl (C=O) groups is 2. The third-order valence-electron chi connectivity index (χ3n) is 3.89. The molecule has 0 aliphatic heterocycles. The summed E-state index contributed by atoms with van der Waals surface area (Å²) in [6, 6.07) is 11.9. The van der Waals surface area contributed by atoms with Crippen LogP contribution in [0.4, 0.5) is 21.9 Å². The van der Waals surface area contributed by atoms with Gasteiger partial charge in [0.15, 0.2) is 0 Å². The van der Waals surface area contributed by atoms with Crippen molar-refractivity contribution in [1.82, 2.24) is 0 Å². The van der Waals surface area contributed by atoms with Crippen LogP contribution in [0, 0.1) is 12.8 Å². The third-order valence-corrected chi connectivity index (χ3v) is 4.14. The monoisotopic (exact) mass is 343 g/mol. The van der Waals surface area contributed by atoms with Crippen LogP contribution in [0.5, 0.6) is 0 Å². The minimum absolute atomic E-state index is 0.0425. The van der Waals surface area contributed by atoms with E-state index in [2.05, 4.69) is 16.0 Å². The normalized spacial score (nSPS) is 13.2. The summed E-state index contributed by atoms with van der Waals surface area (Å²) in [5, 5.41) is 9.06. The number of amides is 3. The lowest BCUT2D eigenvalue weighted by molar-refractivity contribution is -0.117. The summed E-state index contributed by atoms with van der Waals surface area (Å²) < 4.78 is 0. The van der Waals surface area contributed by atoms with Crippen molar-refractivity contribution in [3.8, 4) is 0 Å². The van der Waals surface area contributed by atoms with E-state index in [1.54, 1.807) is 36.4 Å². The molecule has 6 heteroatoms. The predicted octanol–water partition coefficient (Wildman–Crippen LogP) is 4.64. The van der Waals surface area contributed by atoms with Crippen LogP contribution in [0.15, 0.2) is 42.5 Å². The minimum Gasteiger partial charge on any atom is -0.326 e. The SMILES string of the molecule is Cc1c(NC(=O)Nc2ccc(Cl)cc2)cccc1NC(=O)C1CC1. The topological polar surface area (TPSA) is 70.2 Å². The largest absolute Gasteiger partial charge is 0.326 e. The summed E-state index contributed by atoms with van der Waals surface area (Å²) in [6.07, 6.45) is 1.90. The smallest absolute Gasteiger partial charge is 0.323 e. The van der Waals surface area contributed by atoms with Crippen molar-refractivity contribution < 1.29 is 9.59 Å². The van der Waals surface area contributed by atoms with Gasteiger partial charge in [-0.1, -0.05) is 17.7 Å². The van der Waals surface area contributed by atoms with Crippen molar-refractivity contribution in [3.05, 3.63) is 53.1 Å². The Morgan fingerprint density at radius 2 is 1.58 bits per heavy atom. The summed E-state index contributed by atoms with van der Waals surface area (Å²) in [4.78, 5) is 24.0. The van der Waals surface area contributed by atoms with Crippen molar-refractivity contribution in [2.75, 3.05) is 16.0 Å². The predicted molar refractivity (Wildman–Crippen MR) is 96.6 cm³/mol. The molecule has 3 rings (SSSR count). The Kier molecular flexibility index (Phi) is 4.71. The molecule has 1 aliphatic carbocycles. The van der Waals surface area contributed by atoms with E-state index in [0.717, 1.165) is 24.1 Å². The average molecular weight is 344 g/mol. The molecule has 2 aromatic rings. The van der Waals surface area contributed by atoms with Crippen LogP contribution in [0.3, 0.4) is 0 Å². The highest BCUT2D eigenvalue weighted by Gasteiger charge is 2.29. The highest BCUT2D eigenvalue weighted by Crippen LogP contribution is 2.31. The van der Waals surface area contributed by atoms with Gasteiger partial charge < -0.3 is 16.0 Å². The van der Waals surface area contributed by atoms with E-state index in [-0.39, 0.29) is 17.9 Å². The van der Waals surface area contributed by atoms with E-state index in [9.17, 15) is 9.59 Å². The molecule has 0 unspecified atom stereocenters. The molecular weight excluding hydrogens is 326 g/mol. The molecule has 0 heterocycles. The zero-order valence-electron chi connectivity index (χ0n) is 13.2. The summed E-state index contributed by atoms with van der Waals surface area (Å²) in [5.41, 5.74) is 2.83. The first-order valence-corrected chi connectivity index (χ1v) is 8.15. The zero-order chi connectivity index (χ0) is 17.1. The van der Waals surface area contributed by atoms with Gasteiger partial charge in [-0.2, -0.15) is 0 Å². The first-order chi connectivity index (χ1) is 11.5. The summed E-state index contributed by atoms with van der Waals surface area (Å²) in [7, 11) is 0. The first kappa shape index (κ1) is 16.3. The lowest BCUT2D eigenvalue weighted by Crippen LogP contribution is -2.20. The number of benzene rings is 2. The molecule has 0 saturated heterocycles. The summed E-state index contributed by atoms with van der Waals surface area (Å²) >= 11 is 5.82. The number of anilines is 3. The van der Waals surface area contributed by atoms with Gasteiger partial charge in [0.2, 0.25) is 5.91 Å². The Labute approximate surface area is 145 Å². The molecule has 1 aliphatic rings. The fourth-order valence-corrected chi connectivity index (χ4v) is 2.43. The van der Waals surface area contributed by atoms with Crippen molar-refractivity contribution in [2.24, 2.45) is 5.92 Å². The van der Waals surface area contributed by atoms with E-state index in [1.165, 1.54) is 0 Å². The van der Waals surface area contributed by atoms with Gasteiger partial charge in [-0.15, -0.1) is 0 Å². The maximum absolute atomic E-state index is 12.1. The van der Waals surface area contributed by atoms with Gasteiger partial charge in [-0.05, 0) is 61.7 Å². The number of halogens is 1. The molecule has 5 nitrogen and oxygen atoms in total. The van der Waals surface area contributed by atoms with Crippen LogP contribution < -0.4 is 16.0 Å². The van der Waals surface area contributed by atoms with Gasteiger partial charge >= 0.3 is 6.03 Å². The highest BCUT2D eigenvalue weighted by molar-refractivity contribution is 6.30. The minimum atomic E-state index is -0.355. The molecule has 3 amide bonds. The number of rotatable bonds is 4. The second kappa shape index (κ2) is 6.93. The fourth-order valence-electron chi connectivity index (χ4n) is 2.30. The molecule has 0 aromatic heterocycles. The molecule has 0 radical (unpaired) electrons. The van der Waals surface area contributed by atoms with Crippen molar-refractivity contribution >= 4 is 40.6 Å². The number of hydrogen-bond donors (Lipinski definition) is 3. The molecule has 3 N–H and O–H groups in total. The fraction of sp³-hybridized carbons (Fsp3) is 0.222. The van der Waals surface area contributed by atoms with Crippen LogP contribution in [-0.4, -0.2) is 11.9 Å². The molecule has 24 heavy (non-hydrogen) atoms. The Bertz CT molecular complexity index is 770. The maximum Gasteiger partial charge on any atom is 0.323 e. The van der Waals surface area contributed by atoms with Crippen LogP contribution in [0.25, 0.3) is 0 Å². The lowest BCUT2D eigenvalue weighted by Gasteiger charge is -2.14. The lowest BCUT2D eigenvalue weighted by atomic mass is 10.1.